The molecule has 0 radical (unpaired) electrons. The second-order valence-corrected chi connectivity index (χ2v) is 8.67. The molecule has 1 fully saturated rings. The van der Waals surface area contributed by atoms with Crippen LogP contribution in [0, 0.1) is 18.3 Å². The molecule has 5 rings (SSSR count). The summed E-state index contributed by atoms with van der Waals surface area (Å²) in [5, 5.41) is 13.8. The van der Waals surface area contributed by atoms with Gasteiger partial charge in [-0.05, 0) is 69.0 Å². The zero-order valence-electron chi connectivity index (χ0n) is 18.4. The highest BCUT2D eigenvalue weighted by atomic mass is 16.2. The summed E-state index contributed by atoms with van der Waals surface area (Å²) in [6, 6.07) is 18.2. The maximum absolute atomic E-state index is 13.5. The first-order valence-electron chi connectivity index (χ1n) is 11.4. The van der Waals surface area contributed by atoms with E-state index in [-0.39, 0.29) is 5.91 Å². The molecule has 2 aromatic carbocycles. The standard InChI is InChI=1S/C26H27N5O/c1-19-6-10-22(11-7-19)31-24-5-2-4-23(24)25(28-31)26(32)30-15-3-14-29(16-17-30)21-12-8-20(18-27)9-13-21/h6-13H,2-5,14-17H2,1H3. The van der Waals surface area contributed by atoms with E-state index in [1.54, 1.807) is 0 Å². The zero-order chi connectivity index (χ0) is 22.1. The number of amides is 1. The lowest BCUT2D eigenvalue weighted by Gasteiger charge is -2.23. The average Bonchev–Trinajstić information content (AvgIpc) is 3.34. The van der Waals surface area contributed by atoms with Crippen LogP contribution in [0.25, 0.3) is 5.69 Å². The van der Waals surface area contributed by atoms with Crippen LogP contribution in [0.15, 0.2) is 48.5 Å². The van der Waals surface area contributed by atoms with Gasteiger partial charge >= 0.3 is 0 Å². The molecular formula is C26H27N5O. The van der Waals surface area contributed by atoms with Crippen LogP contribution in [0.4, 0.5) is 5.69 Å². The number of nitriles is 1. The van der Waals surface area contributed by atoms with Crippen molar-refractivity contribution in [2.24, 2.45) is 0 Å². The molecule has 32 heavy (non-hydrogen) atoms. The summed E-state index contributed by atoms with van der Waals surface area (Å²) in [7, 11) is 0. The summed E-state index contributed by atoms with van der Waals surface area (Å²) < 4.78 is 1.98. The van der Waals surface area contributed by atoms with Gasteiger partial charge in [0, 0.05) is 43.1 Å². The Morgan fingerprint density at radius 1 is 0.906 bits per heavy atom. The SMILES string of the molecule is Cc1ccc(-n2nc(C(=O)N3CCCN(c4ccc(C#N)cc4)CC3)c3c2CCC3)cc1. The Kier molecular flexibility index (Phi) is 5.40. The van der Waals surface area contributed by atoms with E-state index in [2.05, 4.69) is 42.2 Å². The summed E-state index contributed by atoms with van der Waals surface area (Å²) >= 11 is 0. The molecule has 0 bridgehead atoms. The van der Waals surface area contributed by atoms with E-state index in [1.165, 1.54) is 11.3 Å². The first-order chi connectivity index (χ1) is 15.6. The summed E-state index contributed by atoms with van der Waals surface area (Å²) in [4.78, 5) is 17.8. The maximum atomic E-state index is 13.5. The highest BCUT2D eigenvalue weighted by Gasteiger charge is 2.30. The van der Waals surface area contributed by atoms with Crippen molar-refractivity contribution in [3.05, 3.63) is 76.6 Å². The average molecular weight is 426 g/mol. The first-order valence-corrected chi connectivity index (χ1v) is 11.4. The maximum Gasteiger partial charge on any atom is 0.274 e. The number of carbonyl (C=O) groups is 1. The lowest BCUT2D eigenvalue weighted by atomic mass is 10.1. The number of hydrogen-bond donors (Lipinski definition) is 0. The van der Waals surface area contributed by atoms with Crippen molar-refractivity contribution < 1.29 is 4.79 Å². The monoisotopic (exact) mass is 425 g/mol. The number of anilines is 1. The number of hydrogen-bond acceptors (Lipinski definition) is 4. The van der Waals surface area contributed by atoms with Crippen molar-refractivity contribution >= 4 is 11.6 Å². The molecule has 6 nitrogen and oxygen atoms in total. The molecule has 2 heterocycles. The lowest BCUT2D eigenvalue weighted by molar-refractivity contribution is 0.0759. The first kappa shape index (κ1) is 20.3. The molecule has 0 spiro atoms. The quantitative estimate of drug-likeness (QED) is 0.639. The third-order valence-corrected chi connectivity index (χ3v) is 6.56. The topological polar surface area (TPSA) is 65.2 Å². The Morgan fingerprint density at radius 3 is 2.41 bits per heavy atom. The Bertz CT molecular complexity index is 1170. The van der Waals surface area contributed by atoms with Gasteiger partial charge in [-0.2, -0.15) is 10.4 Å². The zero-order valence-corrected chi connectivity index (χ0v) is 18.4. The van der Waals surface area contributed by atoms with Crippen LogP contribution >= 0.6 is 0 Å². The van der Waals surface area contributed by atoms with Gasteiger partial charge in [-0.3, -0.25) is 4.79 Å². The summed E-state index contributed by atoms with van der Waals surface area (Å²) in [5.74, 6) is 0.0516. The molecule has 0 N–H and O–H groups in total. The van der Waals surface area contributed by atoms with Gasteiger partial charge in [0.2, 0.25) is 0 Å². The van der Waals surface area contributed by atoms with Crippen LogP contribution in [0.1, 0.15) is 45.7 Å². The van der Waals surface area contributed by atoms with Crippen LogP contribution in [-0.2, 0) is 12.8 Å². The second-order valence-electron chi connectivity index (χ2n) is 8.67. The highest BCUT2D eigenvalue weighted by Crippen LogP contribution is 2.29. The number of aromatic nitrogens is 2. The fraction of sp³-hybridized carbons (Fsp3) is 0.346. The van der Waals surface area contributed by atoms with Gasteiger partial charge in [-0.15, -0.1) is 0 Å². The molecule has 0 saturated carbocycles. The molecule has 6 heteroatoms. The fourth-order valence-corrected chi connectivity index (χ4v) is 4.78. The number of rotatable bonds is 3. The largest absolute Gasteiger partial charge is 0.370 e. The molecular weight excluding hydrogens is 398 g/mol. The Hall–Kier alpha value is -3.59. The number of nitrogens with zero attached hydrogens (tertiary/aromatic N) is 5. The van der Waals surface area contributed by atoms with E-state index in [0.29, 0.717) is 17.8 Å². The molecule has 1 aliphatic carbocycles. The molecule has 162 valence electrons. The van der Waals surface area contributed by atoms with Crippen molar-refractivity contribution in [1.82, 2.24) is 14.7 Å². The van der Waals surface area contributed by atoms with Crippen LogP contribution in [-0.4, -0.2) is 46.8 Å². The van der Waals surface area contributed by atoms with Crippen molar-refractivity contribution in [3.63, 3.8) is 0 Å². The van der Waals surface area contributed by atoms with Crippen LogP contribution in [0.5, 0.6) is 0 Å². The molecule has 1 saturated heterocycles. The van der Waals surface area contributed by atoms with Gasteiger partial charge < -0.3 is 9.80 Å². The third-order valence-electron chi connectivity index (χ3n) is 6.56. The molecule has 3 aromatic rings. The third kappa shape index (κ3) is 3.75. The highest BCUT2D eigenvalue weighted by molar-refractivity contribution is 5.94. The van der Waals surface area contributed by atoms with E-state index >= 15 is 0 Å². The van der Waals surface area contributed by atoms with E-state index < -0.39 is 0 Å². The van der Waals surface area contributed by atoms with Crippen molar-refractivity contribution in [1.29, 1.82) is 5.26 Å². The Morgan fingerprint density at radius 2 is 1.66 bits per heavy atom. The summed E-state index contributed by atoms with van der Waals surface area (Å²) in [5.41, 5.74) is 6.95. The lowest BCUT2D eigenvalue weighted by Crippen LogP contribution is -2.36. The Balaban J connectivity index is 1.36. The minimum Gasteiger partial charge on any atom is -0.370 e. The van der Waals surface area contributed by atoms with Crippen molar-refractivity contribution in [2.75, 3.05) is 31.1 Å². The minimum absolute atomic E-state index is 0.0516. The second kappa shape index (κ2) is 8.51. The van der Waals surface area contributed by atoms with E-state index in [4.69, 9.17) is 10.4 Å². The number of aryl methyl sites for hydroxylation is 1. The van der Waals surface area contributed by atoms with Gasteiger partial charge in [0.15, 0.2) is 5.69 Å². The number of benzene rings is 2. The van der Waals surface area contributed by atoms with Crippen LogP contribution in [0.3, 0.4) is 0 Å². The predicted molar refractivity (Wildman–Crippen MR) is 124 cm³/mol. The van der Waals surface area contributed by atoms with Gasteiger partial charge in [0.05, 0.1) is 17.3 Å². The normalized spacial score (nSPS) is 15.9. The molecule has 1 aromatic heterocycles. The predicted octanol–water partition coefficient (Wildman–Crippen LogP) is 3.89. The molecule has 1 aliphatic heterocycles. The number of carbonyl (C=O) groups excluding carboxylic acids is 1. The number of fused-ring (bicyclic) bond motifs is 1. The molecule has 1 amide bonds. The van der Waals surface area contributed by atoms with Crippen molar-refractivity contribution in [2.45, 2.75) is 32.6 Å². The molecule has 2 aliphatic rings. The Labute approximate surface area is 188 Å². The van der Waals surface area contributed by atoms with Crippen molar-refractivity contribution in [3.8, 4) is 11.8 Å². The van der Waals surface area contributed by atoms with E-state index in [9.17, 15) is 4.79 Å². The van der Waals surface area contributed by atoms with Gasteiger partial charge in [-0.25, -0.2) is 4.68 Å². The smallest absolute Gasteiger partial charge is 0.274 e. The summed E-state index contributed by atoms with van der Waals surface area (Å²) in [6.07, 6.45) is 3.88. The summed E-state index contributed by atoms with van der Waals surface area (Å²) in [6.45, 7) is 5.15. The molecule has 0 atom stereocenters. The molecule has 0 unspecified atom stereocenters. The van der Waals surface area contributed by atoms with Crippen LogP contribution in [0.2, 0.25) is 0 Å². The van der Waals surface area contributed by atoms with Crippen LogP contribution < -0.4 is 4.90 Å². The minimum atomic E-state index is 0.0516. The van der Waals surface area contributed by atoms with Gasteiger partial charge in [0.1, 0.15) is 0 Å². The van der Waals surface area contributed by atoms with E-state index in [0.717, 1.165) is 62.3 Å². The van der Waals surface area contributed by atoms with E-state index in [1.807, 2.05) is 33.8 Å². The fourth-order valence-electron chi connectivity index (χ4n) is 4.78. The van der Waals surface area contributed by atoms with Gasteiger partial charge in [-0.1, -0.05) is 17.7 Å². The van der Waals surface area contributed by atoms with Gasteiger partial charge in [0.25, 0.3) is 5.91 Å².